The standard InChI is InChI=1S/C19H19FN2O4/c1-3-25-19(24)17-11(2)16-14(5-4-6-15(16)26-17)21-22-18(23)12-7-9-13(20)10-8-12/h7-10H,3-6H2,1-2H3,(H,22,23)/b21-14+. The van der Waals surface area contributed by atoms with Crippen LogP contribution in [0.2, 0.25) is 0 Å². The molecule has 26 heavy (non-hydrogen) atoms. The summed E-state index contributed by atoms with van der Waals surface area (Å²) in [7, 11) is 0. The van der Waals surface area contributed by atoms with Crippen LogP contribution in [-0.2, 0) is 11.2 Å². The molecule has 1 aromatic carbocycles. The lowest BCUT2D eigenvalue weighted by molar-refractivity contribution is 0.0486. The van der Waals surface area contributed by atoms with Gasteiger partial charge in [-0.3, -0.25) is 4.79 Å². The summed E-state index contributed by atoms with van der Waals surface area (Å²) in [5.41, 5.74) is 4.86. The predicted molar refractivity (Wildman–Crippen MR) is 92.7 cm³/mol. The van der Waals surface area contributed by atoms with Gasteiger partial charge < -0.3 is 9.15 Å². The van der Waals surface area contributed by atoms with Crippen molar-refractivity contribution in [2.24, 2.45) is 5.10 Å². The van der Waals surface area contributed by atoms with Crippen LogP contribution in [0, 0.1) is 12.7 Å². The molecule has 1 aromatic heterocycles. The van der Waals surface area contributed by atoms with Gasteiger partial charge in [-0.1, -0.05) is 0 Å². The highest BCUT2D eigenvalue weighted by Crippen LogP contribution is 2.30. The average Bonchev–Trinajstić information content (AvgIpc) is 2.98. The Morgan fingerprint density at radius 2 is 2.00 bits per heavy atom. The van der Waals surface area contributed by atoms with Crippen LogP contribution in [0.15, 0.2) is 33.8 Å². The van der Waals surface area contributed by atoms with Crippen LogP contribution in [0.3, 0.4) is 0 Å². The molecule has 1 aliphatic rings. The fourth-order valence-corrected chi connectivity index (χ4v) is 2.96. The molecule has 0 unspecified atom stereocenters. The largest absolute Gasteiger partial charge is 0.460 e. The third-order valence-corrected chi connectivity index (χ3v) is 4.19. The fourth-order valence-electron chi connectivity index (χ4n) is 2.96. The first-order chi connectivity index (χ1) is 12.5. The van der Waals surface area contributed by atoms with Crippen molar-refractivity contribution >= 4 is 17.6 Å². The molecule has 2 aromatic rings. The van der Waals surface area contributed by atoms with Gasteiger partial charge in [0.05, 0.1) is 12.3 Å². The van der Waals surface area contributed by atoms with Crippen molar-refractivity contribution in [2.45, 2.75) is 33.1 Å². The molecule has 3 rings (SSSR count). The highest BCUT2D eigenvalue weighted by Gasteiger charge is 2.28. The third kappa shape index (κ3) is 3.51. The first-order valence-electron chi connectivity index (χ1n) is 8.43. The van der Waals surface area contributed by atoms with Crippen LogP contribution in [-0.4, -0.2) is 24.2 Å². The molecule has 1 aliphatic carbocycles. The number of hydrazone groups is 1. The van der Waals surface area contributed by atoms with Crippen molar-refractivity contribution in [2.75, 3.05) is 6.61 Å². The summed E-state index contributed by atoms with van der Waals surface area (Å²) >= 11 is 0. The number of carbonyl (C=O) groups is 2. The van der Waals surface area contributed by atoms with Gasteiger partial charge in [-0.05, 0) is 51.0 Å². The number of furan rings is 1. The first-order valence-corrected chi connectivity index (χ1v) is 8.43. The van der Waals surface area contributed by atoms with Crippen LogP contribution in [0.25, 0.3) is 0 Å². The maximum atomic E-state index is 13.0. The Morgan fingerprint density at radius 3 is 2.69 bits per heavy atom. The molecule has 0 radical (unpaired) electrons. The lowest BCUT2D eigenvalue weighted by atomic mass is 9.93. The number of fused-ring (bicyclic) bond motifs is 1. The van der Waals surface area contributed by atoms with Crippen molar-refractivity contribution in [1.82, 2.24) is 5.43 Å². The predicted octanol–water partition coefficient (Wildman–Crippen LogP) is 3.37. The van der Waals surface area contributed by atoms with Crippen LogP contribution < -0.4 is 5.43 Å². The zero-order valence-electron chi connectivity index (χ0n) is 14.6. The van der Waals surface area contributed by atoms with Gasteiger partial charge in [0, 0.05) is 23.1 Å². The minimum Gasteiger partial charge on any atom is -0.460 e. The Hall–Kier alpha value is -2.96. The van der Waals surface area contributed by atoms with Gasteiger partial charge in [0.15, 0.2) is 0 Å². The number of hydrogen-bond acceptors (Lipinski definition) is 5. The Kier molecular flexibility index (Phi) is 5.16. The second-order valence-corrected chi connectivity index (χ2v) is 5.93. The number of ether oxygens (including phenoxy) is 1. The van der Waals surface area contributed by atoms with E-state index in [1.165, 1.54) is 24.3 Å². The number of nitrogens with zero attached hydrogens (tertiary/aromatic N) is 1. The molecule has 1 N–H and O–H groups in total. The van der Waals surface area contributed by atoms with E-state index in [9.17, 15) is 14.0 Å². The second kappa shape index (κ2) is 7.51. The van der Waals surface area contributed by atoms with Crippen LogP contribution in [0.1, 0.15) is 57.6 Å². The SMILES string of the molecule is CCOC(=O)c1oc2c(c1C)/C(=N/NC(=O)c1ccc(F)cc1)CCC2. The summed E-state index contributed by atoms with van der Waals surface area (Å²) in [6.45, 7) is 3.77. The third-order valence-electron chi connectivity index (χ3n) is 4.19. The number of nitrogens with one attached hydrogen (secondary N) is 1. The number of hydrogen-bond donors (Lipinski definition) is 1. The van der Waals surface area contributed by atoms with E-state index in [2.05, 4.69) is 10.5 Å². The maximum Gasteiger partial charge on any atom is 0.374 e. The van der Waals surface area contributed by atoms with Crippen LogP contribution in [0.4, 0.5) is 4.39 Å². The summed E-state index contributed by atoms with van der Waals surface area (Å²) in [6.07, 6.45) is 2.15. The maximum absolute atomic E-state index is 13.0. The van der Waals surface area contributed by atoms with Gasteiger partial charge >= 0.3 is 5.97 Å². The number of rotatable bonds is 4. The molecule has 0 aliphatic heterocycles. The van der Waals surface area contributed by atoms with Crippen molar-refractivity contribution in [3.63, 3.8) is 0 Å². The highest BCUT2D eigenvalue weighted by molar-refractivity contribution is 6.06. The zero-order chi connectivity index (χ0) is 18.7. The smallest absolute Gasteiger partial charge is 0.374 e. The Morgan fingerprint density at radius 1 is 1.27 bits per heavy atom. The van der Waals surface area contributed by atoms with Gasteiger partial charge in [0.1, 0.15) is 11.6 Å². The molecule has 0 spiro atoms. The number of benzene rings is 1. The number of halogens is 1. The van der Waals surface area contributed by atoms with E-state index in [4.69, 9.17) is 9.15 Å². The molecule has 0 bridgehead atoms. The minimum absolute atomic E-state index is 0.177. The first kappa shape index (κ1) is 17.8. The Labute approximate surface area is 150 Å². The molecule has 6 nitrogen and oxygen atoms in total. The fraction of sp³-hybridized carbons (Fsp3) is 0.316. The lowest BCUT2D eigenvalue weighted by Gasteiger charge is -2.13. The van der Waals surface area contributed by atoms with Crippen molar-refractivity contribution in [3.05, 3.63) is 58.3 Å². The second-order valence-electron chi connectivity index (χ2n) is 5.93. The molecular weight excluding hydrogens is 339 g/mol. The van der Waals surface area contributed by atoms with Crippen LogP contribution in [0.5, 0.6) is 0 Å². The summed E-state index contributed by atoms with van der Waals surface area (Å²) < 4.78 is 23.6. The lowest BCUT2D eigenvalue weighted by Crippen LogP contribution is -2.22. The summed E-state index contributed by atoms with van der Waals surface area (Å²) in [4.78, 5) is 24.2. The molecular formula is C19H19FN2O4. The van der Waals surface area contributed by atoms with Gasteiger partial charge in [-0.2, -0.15) is 5.10 Å². The Balaban J connectivity index is 1.84. The molecule has 0 atom stereocenters. The van der Waals surface area contributed by atoms with Gasteiger partial charge in [-0.25, -0.2) is 14.6 Å². The molecule has 0 saturated carbocycles. The van der Waals surface area contributed by atoms with Crippen molar-refractivity contribution in [1.29, 1.82) is 0 Å². The van der Waals surface area contributed by atoms with E-state index in [1.807, 2.05) is 0 Å². The van der Waals surface area contributed by atoms with E-state index in [0.29, 0.717) is 35.4 Å². The number of amides is 1. The molecule has 1 heterocycles. The molecule has 0 fully saturated rings. The number of aryl methyl sites for hydroxylation is 1. The van der Waals surface area contributed by atoms with E-state index >= 15 is 0 Å². The van der Waals surface area contributed by atoms with Gasteiger partial charge in [-0.15, -0.1) is 0 Å². The van der Waals surface area contributed by atoms with Crippen molar-refractivity contribution < 1.29 is 23.1 Å². The van der Waals surface area contributed by atoms with Crippen molar-refractivity contribution in [3.8, 4) is 0 Å². The highest BCUT2D eigenvalue weighted by atomic mass is 19.1. The summed E-state index contributed by atoms with van der Waals surface area (Å²) in [6, 6.07) is 5.21. The molecule has 136 valence electrons. The zero-order valence-corrected chi connectivity index (χ0v) is 14.6. The average molecular weight is 358 g/mol. The van der Waals surface area contributed by atoms with Gasteiger partial charge in [0.2, 0.25) is 5.76 Å². The van der Waals surface area contributed by atoms with E-state index in [1.54, 1.807) is 13.8 Å². The van der Waals surface area contributed by atoms with E-state index in [0.717, 1.165) is 12.0 Å². The topological polar surface area (TPSA) is 80.9 Å². The summed E-state index contributed by atoms with van der Waals surface area (Å²) in [5, 5.41) is 4.21. The quantitative estimate of drug-likeness (QED) is 0.671. The number of carbonyl (C=O) groups excluding carboxylic acids is 2. The van der Waals surface area contributed by atoms with Crippen LogP contribution >= 0.6 is 0 Å². The molecule has 0 saturated heterocycles. The Bertz CT molecular complexity index is 868. The normalized spacial score (nSPS) is 14.8. The minimum atomic E-state index is -0.505. The van der Waals surface area contributed by atoms with Gasteiger partial charge in [0.25, 0.3) is 5.91 Å². The number of esters is 1. The van der Waals surface area contributed by atoms with E-state index in [-0.39, 0.29) is 12.4 Å². The molecule has 7 heteroatoms. The summed E-state index contributed by atoms with van der Waals surface area (Å²) in [5.74, 6) is -0.501. The molecule has 1 amide bonds. The van der Waals surface area contributed by atoms with E-state index < -0.39 is 17.7 Å². The monoisotopic (exact) mass is 358 g/mol.